The highest BCUT2D eigenvalue weighted by Crippen LogP contribution is 2.25. The van der Waals surface area contributed by atoms with Crippen molar-refractivity contribution >= 4 is 45.2 Å². The van der Waals surface area contributed by atoms with Crippen LogP contribution in [0.25, 0.3) is 0 Å². The molecule has 0 saturated heterocycles. The van der Waals surface area contributed by atoms with Gasteiger partial charge in [0.1, 0.15) is 0 Å². The summed E-state index contributed by atoms with van der Waals surface area (Å²) in [5.74, 6) is 0.538. The molecule has 0 aliphatic heterocycles. The van der Waals surface area contributed by atoms with Gasteiger partial charge in [0.05, 0.1) is 12.3 Å². The molecule has 0 aliphatic rings. The van der Waals surface area contributed by atoms with Crippen molar-refractivity contribution in [2.45, 2.75) is 32.5 Å². The van der Waals surface area contributed by atoms with E-state index in [4.69, 9.17) is 0 Å². The largest absolute Gasteiger partial charge is 0.345 e. The summed E-state index contributed by atoms with van der Waals surface area (Å²) in [6.07, 6.45) is 0. The Hall–Kier alpha value is -2.65. The summed E-state index contributed by atoms with van der Waals surface area (Å²) in [6.45, 7) is 6.11. The Bertz CT molecular complexity index is 1110. The van der Waals surface area contributed by atoms with Gasteiger partial charge in [0.2, 0.25) is 5.91 Å². The van der Waals surface area contributed by atoms with Gasteiger partial charge in [-0.2, -0.15) is 0 Å². The lowest BCUT2D eigenvalue weighted by molar-refractivity contribution is -0.113. The smallest absolute Gasteiger partial charge is 0.251 e. The zero-order valence-corrected chi connectivity index (χ0v) is 20.2. The number of rotatable bonds is 7. The first-order valence-electron chi connectivity index (χ1n) is 9.67. The van der Waals surface area contributed by atoms with Gasteiger partial charge in [0.25, 0.3) is 5.91 Å². The van der Waals surface area contributed by atoms with Crippen molar-refractivity contribution in [1.82, 2.24) is 20.1 Å². The van der Waals surface area contributed by atoms with E-state index in [-0.39, 0.29) is 24.1 Å². The summed E-state index contributed by atoms with van der Waals surface area (Å²) in [7, 11) is 1.82. The molecule has 31 heavy (non-hydrogen) atoms. The van der Waals surface area contributed by atoms with Crippen molar-refractivity contribution in [1.29, 1.82) is 0 Å². The summed E-state index contributed by atoms with van der Waals surface area (Å²) < 4.78 is 2.76. The first kappa shape index (κ1) is 23.0. The average molecular weight is 502 g/mol. The number of carbonyl (C=O) groups excluding carboxylic acids is 2. The topological polar surface area (TPSA) is 88.9 Å². The van der Waals surface area contributed by atoms with Gasteiger partial charge in [-0.25, -0.2) is 0 Å². The lowest BCUT2D eigenvalue weighted by Crippen LogP contribution is -2.24. The highest BCUT2D eigenvalue weighted by atomic mass is 79.9. The van der Waals surface area contributed by atoms with Crippen LogP contribution in [0.1, 0.15) is 32.9 Å². The van der Waals surface area contributed by atoms with E-state index in [1.807, 2.05) is 58.2 Å². The average Bonchev–Trinajstić information content (AvgIpc) is 3.06. The predicted molar refractivity (Wildman–Crippen MR) is 126 cm³/mol. The maximum Gasteiger partial charge on any atom is 0.251 e. The van der Waals surface area contributed by atoms with Gasteiger partial charge < -0.3 is 15.2 Å². The molecule has 0 radical (unpaired) electrons. The van der Waals surface area contributed by atoms with Gasteiger partial charge in [-0.1, -0.05) is 45.4 Å². The molecule has 2 amide bonds. The van der Waals surface area contributed by atoms with Crippen LogP contribution >= 0.6 is 27.7 Å². The molecule has 7 nitrogen and oxygen atoms in total. The monoisotopic (exact) mass is 501 g/mol. The minimum atomic E-state index is -0.166. The standard InChI is InChI=1S/C22H24BrN5O2S/c1-13-6-5-7-16(8-13)21(30)24-11-18-26-27-22(28(18)4)31-12-19(29)25-20-14(2)9-17(23)10-15(20)3/h5-10H,11-12H2,1-4H3,(H,24,30)(H,25,29). The van der Waals surface area contributed by atoms with E-state index in [1.54, 1.807) is 10.6 Å². The molecule has 0 fully saturated rings. The van der Waals surface area contributed by atoms with Crippen molar-refractivity contribution in [3.63, 3.8) is 0 Å². The number of aryl methyl sites for hydroxylation is 3. The van der Waals surface area contributed by atoms with Crippen molar-refractivity contribution < 1.29 is 9.59 Å². The number of thioether (sulfide) groups is 1. The highest BCUT2D eigenvalue weighted by Gasteiger charge is 2.14. The Morgan fingerprint density at radius 3 is 2.48 bits per heavy atom. The predicted octanol–water partition coefficient (Wildman–Crippen LogP) is 4.16. The third kappa shape index (κ3) is 5.95. The molecule has 0 spiro atoms. The molecule has 9 heteroatoms. The van der Waals surface area contributed by atoms with Crippen LogP contribution in [0.5, 0.6) is 0 Å². The molecule has 2 N–H and O–H groups in total. The Morgan fingerprint density at radius 1 is 1.10 bits per heavy atom. The molecule has 0 bridgehead atoms. The molecule has 1 aromatic heterocycles. The Morgan fingerprint density at radius 2 is 1.81 bits per heavy atom. The normalized spacial score (nSPS) is 10.7. The number of carbonyl (C=O) groups is 2. The van der Waals surface area contributed by atoms with Crippen molar-refractivity contribution in [2.24, 2.45) is 7.05 Å². The summed E-state index contributed by atoms with van der Waals surface area (Å²) in [4.78, 5) is 24.8. The fraction of sp³-hybridized carbons (Fsp3) is 0.273. The second-order valence-electron chi connectivity index (χ2n) is 7.26. The van der Waals surface area contributed by atoms with E-state index >= 15 is 0 Å². The molecule has 0 saturated carbocycles. The third-order valence-corrected chi connectivity index (χ3v) is 6.18. The van der Waals surface area contributed by atoms with Crippen LogP contribution < -0.4 is 10.6 Å². The number of nitrogens with one attached hydrogen (secondary N) is 2. The molecule has 162 valence electrons. The van der Waals surface area contributed by atoms with E-state index in [9.17, 15) is 9.59 Å². The van der Waals surface area contributed by atoms with Crippen LogP contribution in [-0.4, -0.2) is 32.3 Å². The molecule has 2 aromatic carbocycles. The molecule has 3 aromatic rings. The number of hydrogen-bond donors (Lipinski definition) is 2. The van der Waals surface area contributed by atoms with Gasteiger partial charge in [0.15, 0.2) is 11.0 Å². The fourth-order valence-electron chi connectivity index (χ4n) is 3.09. The molecule has 0 atom stereocenters. The van der Waals surface area contributed by atoms with Gasteiger partial charge in [0, 0.05) is 22.8 Å². The summed E-state index contributed by atoms with van der Waals surface area (Å²) >= 11 is 4.76. The van der Waals surface area contributed by atoms with Crippen molar-refractivity contribution in [2.75, 3.05) is 11.1 Å². The number of benzene rings is 2. The molecule has 0 unspecified atom stereocenters. The van der Waals surface area contributed by atoms with Crippen LogP contribution in [0, 0.1) is 20.8 Å². The van der Waals surface area contributed by atoms with E-state index in [0.29, 0.717) is 16.5 Å². The number of halogens is 1. The van der Waals surface area contributed by atoms with Gasteiger partial charge in [-0.05, 0) is 56.2 Å². The molecular formula is C22H24BrN5O2S. The number of amides is 2. The quantitative estimate of drug-likeness (QED) is 0.474. The highest BCUT2D eigenvalue weighted by molar-refractivity contribution is 9.10. The maximum absolute atomic E-state index is 12.4. The second-order valence-corrected chi connectivity index (χ2v) is 9.12. The Kier molecular flexibility index (Phi) is 7.50. The molecule has 3 rings (SSSR count). The van der Waals surface area contributed by atoms with Gasteiger partial charge in [-0.15, -0.1) is 10.2 Å². The van der Waals surface area contributed by atoms with E-state index in [1.165, 1.54) is 11.8 Å². The van der Waals surface area contributed by atoms with Crippen molar-refractivity contribution in [3.8, 4) is 0 Å². The Balaban J connectivity index is 1.55. The minimum Gasteiger partial charge on any atom is -0.345 e. The number of aromatic nitrogens is 3. The molecule has 1 heterocycles. The lowest BCUT2D eigenvalue weighted by atomic mass is 10.1. The summed E-state index contributed by atoms with van der Waals surface area (Å²) in [6, 6.07) is 11.3. The van der Waals surface area contributed by atoms with E-state index in [2.05, 4.69) is 36.8 Å². The SMILES string of the molecule is Cc1cccc(C(=O)NCc2nnc(SCC(=O)Nc3c(C)cc(Br)cc3C)n2C)c1. The second kappa shape index (κ2) is 10.1. The third-order valence-electron chi connectivity index (χ3n) is 4.71. The van der Waals surface area contributed by atoms with Crippen LogP contribution in [-0.2, 0) is 18.4 Å². The number of hydrogen-bond acceptors (Lipinski definition) is 5. The number of nitrogens with zero attached hydrogens (tertiary/aromatic N) is 3. The first-order valence-corrected chi connectivity index (χ1v) is 11.4. The molecule has 0 aliphatic carbocycles. The Labute approximate surface area is 194 Å². The van der Waals surface area contributed by atoms with Crippen LogP contribution in [0.4, 0.5) is 5.69 Å². The van der Waals surface area contributed by atoms with E-state index < -0.39 is 0 Å². The van der Waals surface area contributed by atoms with Gasteiger partial charge in [-0.3, -0.25) is 9.59 Å². The summed E-state index contributed by atoms with van der Waals surface area (Å²) in [5.41, 5.74) is 4.45. The van der Waals surface area contributed by atoms with Crippen LogP contribution in [0.3, 0.4) is 0 Å². The molecular weight excluding hydrogens is 478 g/mol. The number of anilines is 1. The zero-order chi connectivity index (χ0) is 22.5. The van der Waals surface area contributed by atoms with Crippen LogP contribution in [0.15, 0.2) is 46.0 Å². The lowest BCUT2D eigenvalue weighted by Gasteiger charge is -2.12. The maximum atomic E-state index is 12.4. The minimum absolute atomic E-state index is 0.115. The van der Waals surface area contributed by atoms with Crippen molar-refractivity contribution in [3.05, 3.63) is 68.9 Å². The first-order chi connectivity index (χ1) is 14.7. The zero-order valence-electron chi connectivity index (χ0n) is 17.8. The van der Waals surface area contributed by atoms with Crippen LogP contribution in [0.2, 0.25) is 0 Å². The summed E-state index contributed by atoms with van der Waals surface area (Å²) in [5, 5.41) is 14.7. The van der Waals surface area contributed by atoms with Gasteiger partial charge >= 0.3 is 0 Å². The fourth-order valence-corrected chi connectivity index (χ4v) is 4.50. The van der Waals surface area contributed by atoms with E-state index in [0.717, 1.165) is 26.9 Å².